The maximum absolute atomic E-state index is 5.77. The summed E-state index contributed by atoms with van der Waals surface area (Å²) < 4.78 is 2.28. The summed E-state index contributed by atoms with van der Waals surface area (Å²) in [4.78, 5) is 6.84. The van der Waals surface area contributed by atoms with Crippen molar-refractivity contribution in [3.05, 3.63) is 83.9 Å². The second kappa shape index (κ2) is 7.53. The Morgan fingerprint density at radius 3 is 2.52 bits per heavy atom. The van der Waals surface area contributed by atoms with Crippen LogP contribution in [-0.2, 0) is 13.0 Å². The SMILES string of the molecule is CCc1ccc(N2C(=S)N[C@@H](c3ccccn3)[C@@H]2c2cccn2CC)cc1. The Kier molecular flexibility index (Phi) is 4.94. The molecule has 0 aliphatic carbocycles. The van der Waals surface area contributed by atoms with Crippen LogP contribution in [0.2, 0.25) is 0 Å². The highest BCUT2D eigenvalue weighted by Crippen LogP contribution is 2.41. The van der Waals surface area contributed by atoms with Gasteiger partial charge in [-0.1, -0.05) is 25.1 Å². The lowest BCUT2D eigenvalue weighted by Gasteiger charge is -2.29. The standard InChI is InChI=1S/C22H24N4S/c1-3-16-10-12-17(13-11-16)26-21(19-9-7-15-25(19)4-2)20(24-22(26)27)18-8-5-6-14-23-18/h5-15,20-21H,3-4H2,1-2H3,(H,24,27)/t20-,21-/m0/s1. The van der Waals surface area contributed by atoms with Gasteiger partial charge in [0.15, 0.2) is 5.11 Å². The van der Waals surface area contributed by atoms with Gasteiger partial charge in [0, 0.05) is 30.3 Å². The van der Waals surface area contributed by atoms with Crippen molar-refractivity contribution in [1.82, 2.24) is 14.9 Å². The van der Waals surface area contributed by atoms with E-state index in [1.807, 2.05) is 18.3 Å². The maximum Gasteiger partial charge on any atom is 0.174 e. The van der Waals surface area contributed by atoms with Crippen molar-refractivity contribution in [3.63, 3.8) is 0 Å². The fourth-order valence-electron chi connectivity index (χ4n) is 3.81. The lowest BCUT2D eigenvalue weighted by atomic mass is 10.0. The van der Waals surface area contributed by atoms with E-state index in [2.05, 4.69) is 82.3 Å². The minimum Gasteiger partial charge on any atom is -0.351 e. The van der Waals surface area contributed by atoms with E-state index in [1.54, 1.807) is 0 Å². The Morgan fingerprint density at radius 2 is 1.85 bits per heavy atom. The van der Waals surface area contributed by atoms with Crippen LogP contribution in [0.1, 0.15) is 42.9 Å². The van der Waals surface area contributed by atoms with E-state index in [-0.39, 0.29) is 12.1 Å². The smallest absolute Gasteiger partial charge is 0.174 e. The Labute approximate surface area is 165 Å². The molecule has 3 heterocycles. The van der Waals surface area contributed by atoms with Gasteiger partial charge in [0.2, 0.25) is 0 Å². The van der Waals surface area contributed by atoms with Crippen LogP contribution in [0.4, 0.5) is 5.69 Å². The number of nitrogens with zero attached hydrogens (tertiary/aromatic N) is 3. The van der Waals surface area contributed by atoms with E-state index in [0.717, 1.165) is 29.5 Å². The Morgan fingerprint density at radius 1 is 1.04 bits per heavy atom. The zero-order valence-corrected chi connectivity index (χ0v) is 16.5. The van der Waals surface area contributed by atoms with E-state index < -0.39 is 0 Å². The first-order chi connectivity index (χ1) is 13.2. The molecule has 1 aliphatic heterocycles. The molecule has 1 aromatic carbocycles. The van der Waals surface area contributed by atoms with Crippen molar-refractivity contribution in [1.29, 1.82) is 0 Å². The molecule has 0 unspecified atom stereocenters. The van der Waals surface area contributed by atoms with Gasteiger partial charge in [-0.25, -0.2) is 0 Å². The monoisotopic (exact) mass is 376 g/mol. The molecule has 2 atom stereocenters. The molecule has 27 heavy (non-hydrogen) atoms. The zero-order chi connectivity index (χ0) is 18.8. The molecule has 4 nitrogen and oxygen atoms in total. The number of pyridine rings is 1. The van der Waals surface area contributed by atoms with Crippen molar-refractivity contribution < 1.29 is 0 Å². The fourth-order valence-corrected chi connectivity index (χ4v) is 4.16. The molecule has 138 valence electrons. The molecule has 3 aromatic rings. The van der Waals surface area contributed by atoms with Gasteiger partial charge in [0.05, 0.1) is 11.7 Å². The predicted molar refractivity (Wildman–Crippen MR) is 114 cm³/mol. The molecule has 4 rings (SSSR count). The van der Waals surface area contributed by atoms with E-state index in [1.165, 1.54) is 11.3 Å². The highest BCUT2D eigenvalue weighted by molar-refractivity contribution is 7.80. The van der Waals surface area contributed by atoms with Crippen LogP contribution in [0.5, 0.6) is 0 Å². The highest BCUT2D eigenvalue weighted by Gasteiger charge is 2.41. The van der Waals surface area contributed by atoms with E-state index in [4.69, 9.17) is 12.2 Å². The van der Waals surface area contributed by atoms with Gasteiger partial charge in [0.1, 0.15) is 6.04 Å². The van der Waals surface area contributed by atoms with Gasteiger partial charge >= 0.3 is 0 Å². The second-order valence-electron chi connectivity index (χ2n) is 6.74. The molecule has 5 heteroatoms. The Balaban J connectivity index is 1.81. The van der Waals surface area contributed by atoms with Crippen LogP contribution in [0.15, 0.2) is 67.0 Å². The highest BCUT2D eigenvalue weighted by atomic mass is 32.1. The number of rotatable bonds is 5. The summed E-state index contributed by atoms with van der Waals surface area (Å²) >= 11 is 5.77. The first-order valence-corrected chi connectivity index (χ1v) is 9.88. The largest absolute Gasteiger partial charge is 0.351 e. The molecule has 0 bridgehead atoms. The van der Waals surface area contributed by atoms with Gasteiger partial charge in [-0.2, -0.15) is 0 Å². The van der Waals surface area contributed by atoms with E-state index in [0.29, 0.717) is 0 Å². The summed E-state index contributed by atoms with van der Waals surface area (Å²) in [6, 6.07) is 19.1. The molecule has 0 radical (unpaired) electrons. The summed E-state index contributed by atoms with van der Waals surface area (Å²) in [5.41, 5.74) is 4.67. The summed E-state index contributed by atoms with van der Waals surface area (Å²) in [5, 5.41) is 4.26. The van der Waals surface area contributed by atoms with Crippen molar-refractivity contribution in [2.75, 3.05) is 4.90 Å². The molecule has 0 spiro atoms. The van der Waals surface area contributed by atoms with Crippen LogP contribution < -0.4 is 10.2 Å². The molecule has 1 aliphatic rings. The molecule has 1 N–H and O–H groups in total. The van der Waals surface area contributed by atoms with Crippen LogP contribution in [-0.4, -0.2) is 14.7 Å². The number of thiocarbonyl (C=S) groups is 1. The topological polar surface area (TPSA) is 33.1 Å². The minimum atomic E-state index is 0.00440. The summed E-state index contributed by atoms with van der Waals surface area (Å²) in [6.45, 7) is 5.26. The average molecular weight is 377 g/mol. The lowest BCUT2D eigenvalue weighted by molar-refractivity contribution is 0.529. The average Bonchev–Trinajstić information content (AvgIpc) is 3.32. The number of aromatic nitrogens is 2. The maximum atomic E-state index is 5.77. The van der Waals surface area contributed by atoms with Gasteiger partial charge in [0.25, 0.3) is 0 Å². The third kappa shape index (κ3) is 3.23. The predicted octanol–water partition coefficient (Wildman–Crippen LogP) is 4.64. The normalized spacial score (nSPS) is 19.3. The molecule has 0 saturated carbocycles. The minimum absolute atomic E-state index is 0.00440. The van der Waals surface area contributed by atoms with Crippen molar-refractivity contribution in [3.8, 4) is 0 Å². The van der Waals surface area contributed by atoms with Crippen molar-refractivity contribution >= 4 is 23.0 Å². The molecule has 1 fully saturated rings. The molecule has 0 amide bonds. The number of anilines is 1. The third-order valence-electron chi connectivity index (χ3n) is 5.23. The van der Waals surface area contributed by atoms with Crippen LogP contribution >= 0.6 is 12.2 Å². The summed E-state index contributed by atoms with van der Waals surface area (Å²) in [7, 11) is 0. The van der Waals surface area contributed by atoms with Crippen molar-refractivity contribution in [2.45, 2.75) is 38.9 Å². The zero-order valence-electron chi connectivity index (χ0n) is 15.7. The Bertz CT molecular complexity index is 917. The van der Waals surface area contributed by atoms with Gasteiger partial charge in [-0.15, -0.1) is 0 Å². The molecule has 2 aromatic heterocycles. The fraction of sp³-hybridized carbons (Fsp3) is 0.273. The number of nitrogens with one attached hydrogen (secondary N) is 1. The number of benzene rings is 1. The quantitative estimate of drug-likeness (QED) is 0.658. The van der Waals surface area contributed by atoms with Crippen LogP contribution in [0.25, 0.3) is 0 Å². The van der Waals surface area contributed by atoms with Gasteiger partial charge < -0.3 is 14.8 Å². The van der Waals surface area contributed by atoms with Gasteiger partial charge in [-0.3, -0.25) is 4.98 Å². The molecular weight excluding hydrogens is 352 g/mol. The van der Waals surface area contributed by atoms with Crippen LogP contribution in [0, 0.1) is 0 Å². The lowest BCUT2D eigenvalue weighted by Crippen LogP contribution is -2.30. The van der Waals surface area contributed by atoms with E-state index >= 15 is 0 Å². The molecular formula is C22H24N4S. The van der Waals surface area contributed by atoms with Gasteiger partial charge in [-0.05, 0) is 67.5 Å². The second-order valence-corrected chi connectivity index (χ2v) is 7.12. The number of hydrogen-bond donors (Lipinski definition) is 1. The summed E-state index contributed by atoms with van der Waals surface area (Å²) in [6.07, 6.45) is 5.00. The summed E-state index contributed by atoms with van der Waals surface area (Å²) in [5.74, 6) is 0. The first kappa shape index (κ1) is 17.7. The third-order valence-corrected chi connectivity index (χ3v) is 5.54. The van der Waals surface area contributed by atoms with Crippen LogP contribution in [0.3, 0.4) is 0 Å². The first-order valence-electron chi connectivity index (χ1n) is 9.47. The van der Waals surface area contributed by atoms with Crippen molar-refractivity contribution in [2.24, 2.45) is 0 Å². The number of aryl methyl sites for hydroxylation is 2. The van der Waals surface area contributed by atoms with E-state index in [9.17, 15) is 0 Å². The molecule has 1 saturated heterocycles. The number of hydrogen-bond acceptors (Lipinski definition) is 2. The Hall–Kier alpha value is -2.66.